The molecule has 0 saturated heterocycles. The van der Waals surface area contributed by atoms with Crippen molar-refractivity contribution >= 4 is 34.5 Å². The predicted molar refractivity (Wildman–Crippen MR) is 118 cm³/mol. The maximum atomic E-state index is 13.0. The largest absolute Gasteiger partial charge is 0.377 e. The molecule has 0 fully saturated rings. The molecule has 1 aromatic carbocycles. The summed E-state index contributed by atoms with van der Waals surface area (Å²) < 4.78 is 0. The summed E-state index contributed by atoms with van der Waals surface area (Å²) in [7, 11) is 3.97. The topological polar surface area (TPSA) is 52.7 Å². The van der Waals surface area contributed by atoms with Gasteiger partial charge in [-0.3, -0.25) is 9.59 Å². The van der Waals surface area contributed by atoms with Crippen molar-refractivity contribution in [3.05, 3.63) is 46.2 Å². The van der Waals surface area contributed by atoms with Crippen molar-refractivity contribution in [1.29, 1.82) is 0 Å². The van der Waals surface area contributed by atoms with E-state index < -0.39 is 0 Å². The molecule has 0 spiro atoms. The fraction of sp³-hybridized carbons (Fsp3) is 0.455. The van der Waals surface area contributed by atoms with E-state index in [0.29, 0.717) is 19.0 Å². The van der Waals surface area contributed by atoms with Crippen LogP contribution in [-0.2, 0) is 11.3 Å². The number of hydrogen-bond donors (Lipinski definition) is 1. The normalized spacial score (nSPS) is 11.0. The first-order valence-electron chi connectivity index (χ1n) is 9.63. The third kappa shape index (κ3) is 5.83. The van der Waals surface area contributed by atoms with Gasteiger partial charge in [-0.25, -0.2) is 0 Å². The third-order valence-electron chi connectivity index (χ3n) is 4.32. The van der Waals surface area contributed by atoms with Gasteiger partial charge in [-0.15, -0.1) is 11.3 Å². The average Bonchev–Trinajstić information content (AvgIpc) is 3.14. The van der Waals surface area contributed by atoms with Gasteiger partial charge in [0, 0.05) is 44.5 Å². The summed E-state index contributed by atoms with van der Waals surface area (Å²) in [5, 5.41) is 4.88. The molecule has 28 heavy (non-hydrogen) atoms. The van der Waals surface area contributed by atoms with E-state index in [1.807, 2.05) is 73.5 Å². The number of carbonyl (C=O) groups is 2. The van der Waals surface area contributed by atoms with E-state index in [2.05, 4.69) is 19.2 Å². The van der Waals surface area contributed by atoms with Gasteiger partial charge in [0.15, 0.2) is 0 Å². The number of benzene rings is 1. The van der Waals surface area contributed by atoms with Crippen LogP contribution in [0.2, 0.25) is 0 Å². The lowest BCUT2D eigenvalue weighted by Crippen LogP contribution is -2.34. The first-order valence-corrected chi connectivity index (χ1v) is 10.5. The Morgan fingerprint density at radius 1 is 1.11 bits per heavy atom. The molecule has 0 atom stereocenters. The van der Waals surface area contributed by atoms with Gasteiger partial charge < -0.3 is 15.1 Å². The molecular weight excluding hydrogens is 370 g/mol. The van der Waals surface area contributed by atoms with Crippen LogP contribution in [0.1, 0.15) is 42.9 Å². The molecule has 0 aliphatic carbocycles. The standard InChI is InChI=1S/C22H31N3O2S/c1-15(2)13-25(22(27)20-8-7-11-28-20)14-17-12-18(23-21(26)16(3)4)9-10-19(17)24(5)6/h7-12,15-16H,13-14H2,1-6H3,(H,23,26). The monoisotopic (exact) mass is 401 g/mol. The number of carbonyl (C=O) groups excluding carboxylic acids is 2. The molecular formula is C22H31N3O2S. The molecule has 2 aromatic rings. The molecule has 0 unspecified atom stereocenters. The summed E-state index contributed by atoms with van der Waals surface area (Å²) in [6.45, 7) is 9.13. The average molecular weight is 402 g/mol. The Morgan fingerprint density at radius 2 is 1.82 bits per heavy atom. The van der Waals surface area contributed by atoms with Gasteiger partial charge in [0.05, 0.1) is 4.88 Å². The Morgan fingerprint density at radius 3 is 2.36 bits per heavy atom. The lowest BCUT2D eigenvalue weighted by molar-refractivity contribution is -0.118. The van der Waals surface area contributed by atoms with E-state index in [1.54, 1.807) is 0 Å². The van der Waals surface area contributed by atoms with Crippen molar-refractivity contribution < 1.29 is 9.59 Å². The first-order chi connectivity index (χ1) is 13.2. The maximum absolute atomic E-state index is 13.0. The molecule has 0 radical (unpaired) electrons. The van der Waals surface area contributed by atoms with Crippen molar-refractivity contribution in [3.63, 3.8) is 0 Å². The molecule has 1 N–H and O–H groups in total. The zero-order valence-corrected chi connectivity index (χ0v) is 18.5. The molecule has 6 heteroatoms. The van der Waals surface area contributed by atoms with Crippen molar-refractivity contribution in [2.75, 3.05) is 30.9 Å². The van der Waals surface area contributed by atoms with Crippen LogP contribution in [0, 0.1) is 11.8 Å². The second kappa shape index (κ2) is 9.73. The van der Waals surface area contributed by atoms with Crippen molar-refractivity contribution in [3.8, 4) is 0 Å². The van der Waals surface area contributed by atoms with Crippen molar-refractivity contribution in [2.24, 2.45) is 11.8 Å². The fourth-order valence-corrected chi connectivity index (χ4v) is 3.63. The molecule has 0 bridgehead atoms. The van der Waals surface area contributed by atoms with Crippen LogP contribution in [-0.4, -0.2) is 37.4 Å². The molecule has 1 aromatic heterocycles. The number of amides is 2. The summed E-state index contributed by atoms with van der Waals surface area (Å²) in [5.41, 5.74) is 2.81. The third-order valence-corrected chi connectivity index (χ3v) is 5.18. The lowest BCUT2D eigenvalue weighted by atomic mass is 10.1. The number of anilines is 2. The highest BCUT2D eigenvalue weighted by atomic mass is 32.1. The summed E-state index contributed by atoms with van der Waals surface area (Å²) in [6.07, 6.45) is 0. The fourth-order valence-electron chi connectivity index (χ4n) is 2.93. The van der Waals surface area contributed by atoms with E-state index in [4.69, 9.17) is 0 Å². The van der Waals surface area contributed by atoms with E-state index in [0.717, 1.165) is 21.8 Å². The number of nitrogens with one attached hydrogen (secondary N) is 1. The lowest BCUT2D eigenvalue weighted by Gasteiger charge is -2.27. The van der Waals surface area contributed by atoms with Gasteiger partial charge in [-0.2, -0.15) is 0 Å². The minimum atomic E-state index is -0.0881. The van der Waals surface area contributed by atoms with E-state index >= 15 is 0 Å². The van der Waals surface area contributed by atoms with Crippen LogP contribution in [0.25, 0.3) is 0 Å². The van der Waals surface area contributed by atoms with Crippen LogP contribution < -0.4 is 10.2 Å². The molecule has 2 rings (SSSR count). The first kappa shape index (κ1) is 22.0. The minimum absolute atomic E-state index is 0.0164. The Kier molecular flexibility index (Phi) is 7.63. The second-order valence-electron chi connectivity index (χ2n) is 7.94. The van der Waals surface area contributed by atoms with Gasteiger partial charge in [0.2, 0.25) is 5.91 Å². The van der Waals surface area contributed by atoms with Crippen LogP contribution in [0.5, 0.6) is 0 Å². The van der Waals surface area contributed by atoms with Gasteiger partial charge in [-0.1, -0.05) is 33.8 Å². The van der Waals surface area contributed by atoms with Gasteiger partial charge in [0.1, 0.15) is 0 Å². The second-order valence-corrected chi connectivity index (χ2v) is 8.89. The number of rotatable bonds is 8. The smallest absolute Gasteiger partial charge is 0.264 e. The zero-order valence-electron chi connectivity index (χ0n) is 17.7. The van der Waals surface area contributed by atoms with E-state index in [-0.39, 0.29) is 17.7 Å². The maximum Gasteiger partial charge on any atom is 0.264 e. The Bertz CT molecular complexity index is 798. The SMILES string of the molecule is CC(C)CN(Cc1cc(NC(=O)C(C)C)ccc1N(C)C)C(=O)c1cccs1. The summed E-state index contributed by atoms with van der Waals surface area (Å²) in [5.74, 6) is 0.299. The van der Waals surface area contributed by atoms with E-state index in [1.165, 1.54) is 11.3 Å². The Hall–Kier alpha value is -2.34. The summed E-state index contributed by atoms with van der Waals surface area (Å²) >= 11 is 1.46. The molecule has 152 valence electrons. The van der Waals surface area contributed by atoms with Gasteiger partial charge >= 0.3 is 0 Å². The molecule has 0 aliphatic heterocycles. The molecule has 5 nitrogen and oxygen atoms in total. The van der Waals surface area contributed by atoms with Crippen LogP contribution in [0.3, 0.4) is 0 Å². The van der Waals surface area contributed by atoms with Crippen molar-refractivity contribution in [1.82, 2.24) is 4.90 Å². The van der Waals surface area contributed by atoms with Gasteiger partial charge in [-0.05, 0) is 41.1 Å². The number of thiophene rings is 1. The van der Waals surface area contributed by atoms with Crippen LogP contribution >= 0.6 is 11.3 Å². The molecule has 0 saturated carbocycles. The molecule has 0 aliphatic rings. The number of nitrogens with zero attached hydrogens (tertiary/aromatic N) is 2. The number of hydrogen-bond acceptors (Lipinski definition) is 4. The summed E-state index contributed by atoms with van der Waals surface area (Å²) in [4.78, 5) is 29.8. The highest BCUT2D eigenvalue weighted by molar-refractivity contribution is 7.12. The van der Waals surface area contributed by atoms with E-state index in [9.17, 15) is 9.59 Å². The predicted octanol–water partition coefficient (Wildman–Crippen LogP) is 4.71. The minimum Gasteiger partial charge on any atom is -0.377 e. The molecule has 2 amide bonds. The molecule has 1 heterocycles. The van der Waals surface area contributed by atoms with Gasteiger partial charge in [0.25, 0.3) is 5.91 Å². The highest BCUT2D eigenvalue weighted by Crippen LogP contribution is 2.26. The van der Waals surface area contributed by atoms with Crippen molar-refractivity contribution in [2.45, 2.75) is 34.2 Å². The van der Waals surface area contributed by atoms with Crippen LogP contribution in [0.15, 0.2) is 35.7 Å². The highest BCUT2D eigenvalue weighted by Gasteiger charge is 2.20. The van der Waals surface area contributed by atoms with Crippen LogP contribution in [0.4, 0.5) is 11.4 Å². The summed E-state index contributed by atoms with van der Waals surface area (Å²) in [6, 6.07) is 9.65. The Balaban J connectivity index is 2.35. The Labute approximate surface area is 172 Å². The zero-order chi connectivity index (χ0) is 20.8. The quantitative estimate of drug-likeness (QED) is 0.697.